The Kier molecular flexibility index (Phi) is 6.09. The van der Waals surface area contributed by atoms with Crippen molar-refractivity contribution in [2.75, 3.05) is 13.7 Å². The normalized spacial score (nSPS) is 11.9. The molecule has 6 nitrogen and oxygen atoms in total. The predicted octanol–water partition coefficient (Wildman–Crippen LogP) is 1.52. The summed E-state index contributed by atoms with van der Waals surface area (Å²) in [5.41, 5.74) is -0.551. The van der Waals surface area contributed by atoms with Crippen LogP contribution in [0.4, 0.5) is 4.79 Å². The van der Waals surface area contributed by atoms with Crippen molar-refractivity contribution in [1.29, 1.82) is 0 Å². The van der Waals surface area contributed by atoms with Crippen LogP contribution in [0.1, 0.15) is 27.2 Å². The molecule has 0 aromatic heterocycles. The first-order valence-corrected chi connectivity index (χ1v) is 5.19. The molecule has 0 fully saturated rings. The van der Waals surface area contributed by atoms with Crippen LogP contribution in [0.3, 0.4) is 0 Å². The van der Waals surface area contributed by atoms with E-state index in [9.17, 15) is 9.59 Å². The molecule has 0 saturated carbocycles. The molecule has 0 aliphatic carbocycles. The average Bonchev–Trinajstić information content (AvgIpc) is 2.12. The molecule has 17 heavy (non-hydrogen) atoms. The molecular weight excluding hydrogens is 226 g/mol. The second kappa shape index (κ2) is 6.78. The fourth-order valence-electron chi connectivity index (χ4n) is 0.973. The van der Waals surface area contributed by atoms with Crippen molar-refractivity contribution in [2.24, 2.45) is 0 Å². The predicted molar refractivity (Wildman–Crippen MR) is 61.6 cm³/mol. The van der Waals surface area contributed by atoms with Crippen LogP contribution in [0.2, 0.25) is 0 Å². The average molecular weight is 245 g/mol. The van der Waals surface area contributed by atoms with Gasteiger partial charge in [0, 0.05) is 13.0 Å². The molecule has 0 aliphatic rings. The van der Waals surface area contributed by atoms with E-state index < -0.39 is 17.7 Å². The van der Waals surface area contributed by atoms with Crippen LogP contribution >= 0.6 is 0 Å². The Morgan fingerprint density at radius 1 is 1.35 bits per heavy atom. The molecule has 0 heterocycles. The summed E-state index contributed by atoms with van der Waals surface area (Å²) in [7, 11) is 1.38. The summed E-state index contributed by atoms with van der Waals surface area (Å²) < 4.78 is 9.84. The second-order valence-corrected chi connectivity index (χ2v) is 4.33. The molecule has 0 aliphatic heterocycles. The third kappa shape index (κ3) is 9.22. The van der Waals surface area contributed by atoms with Gasteiger partial charge >= 0.3 is 12.1 Å². The lowest BCUT2D eigenvalue weighted by atomic mass is 10.2. The number of carbonyl (C=O) groups excluding carboxylic acids is 1. The number of ether oxygens (including phenoxy) is 2. The first kappa shape index (κ1) is 15.3. The van der Waals surface area contributed by atoms with E-state index in [2.05, 4.69) is 5.32 Å². The van der Waals surface area contributed by atoms with Crippen molar-refractivity contribution < 1.29 is 24.2 Å². The molecule has 0 unspecified atom stereocenters. The largest absolute Gasteiger partial charge is 0.501 e. The molecule has 0 saturated heterocycles. The van der Waals surface area contributed by atoms with E-state index in [0.717, 1.165) is 6.08 Å². The molecule has 0 aromatic rings. The summed E-state index contributed by atoms with van der Waals surface area (Å²) in [6.45, 7) is 5.54. The summed E-state index contributed by atoms with van der Waals surface area (Å²) in [5.74, 6) is -0.798. The Labute approximate surface area is 101 Å². The van der Waals surface area contributed by atoms with Crippen molar-refractivity contribution in [2.45, 2.75) is 32.8 Å². The summed E-state index contributed by atoms with van der Waals surface area (Å²) >= 11 is 0. The number of alkyl carbamates (subject to hydrolysis) is 1. The van der Waals surface area contributed by atoms with Crippen molar-refractivity contribution in [3.63, 3.8) is 0 Å². The minimum Gasteiger partial charge on any atom is -0.501 e. The van der Waals surface area contributed by atoms with Gasteiger partial charge in [-0.3, -0.25) is 0 Å². The van der Waals surface area contributed by atoms with Gasteiger partial charge in [-0.15, -0.1) is 0 Å². The van der Waals surface area contributed by atoms with Crippen LogP contribution in [0.15, 0.2) is 11.8 Å². The number of amides is 1. The van der Waals surface area contributed by atoms with Gasteiger partial charge in [-0.05, 0) is 20.8 Å². The van der Waals surface area contributed by atoms with E-state index >= 15 is 0 Å². The SMILES string of the molecule is CO/C(=C/C(=O)O)CCNC(=O)OC(C)(C)C. The Balaban J connectivity index is 3.98. The zero-order valence-corrected chi connectivity index (χ0v) is 10.6. The summed E-state index contributed by atoms with van der Waals surface area (Å²) in [6.07, 6.45) is 0.710. The molecule has 98 valence electrons. The summed E-state index contributed by atoms with van der Waals surface area (Å²) in [5, 5.41) is 11.0. The van der Waals surface area contributed by atoms with Crippen LogP contribution in [0, 0.1) is 0 Å². The third-order valence-electron chi connectivity index (χ3n) is 1.59. The Morgan fingerprint density at radius 3 is 2.35 bits per heavy atom. The number of carbonyl (C=O) groups is 2. The molecule has 0 spiro atoms. The molecule has 0 atom stereocenters. The van der Waals surface area contributed by atoms with Crippen molar-refractivity contribution in [1.82, 2.24) is 5.32 Å². The zero-order valence-electron chi connectivity index (χ0n) is 10.6. The van der Waals surface area contributed by atoms with E-state index in [-0.39, 0.29) is 12.3 Å². The number of rotatable bonds is 5. The van der Waals surface area contributed by atoms with Gasteiger partial charge in [-0.1, -0.05) is 0 Å². The quantitative estimate of drug-likeness (QED) is 0.566. The number of methoxy groups -OCH3 is 1. The molecule has 0 aromatic carbocycles. The Morgan fingerprint density at radius 2 is 1.94 bits per heavy atom. The lowest BCUT2D eigenvalue weighted by Crippen LogP contribution is -2.33. The van der Waals surface area contributed by atoms with E-state index in [1.165, 1.54) is 7.11 Å². The number of nitrogens with one attached hydrogen (secondary N) is 1. The highest BCUT2D eigenvalue weighted by Crippen LogP contribution is 2.06. The number of hydrogen-bond donors (Lipinski definition) is 2. The number of carboxylic acid groups (broad SMARTS) is 1. The maximum atomic E-state index is 11.2. The molecule has 0 radical (unpaired) electrons. The molecule has 0 bridgehead atoms. The minimum absolute atomic E-state index is 0.252. The van der Waals surface area contributed by atoms with E-state index in [1.54, 1.807) is 20.8 Å². The fraction of sp³-hybridized carbons (Fsp3) is 0.636. The van der Waals surface area contributed by atoms with Gasteiger partial charge in [-0.25, -0.2) is 9.59 Å². The molecule has 1 amide bonds. The highest BCUT2D eigenvalue weighted by atomic mass is 16.6. The molecule has 0 rings (SSSR count). The topological polar surface area (TPSA) is 84.9 Å². The molecule has 2 N–H and O–H groups in total. The van der Waals surface area contributed by atoms with Crippen LogP contribution in [-0.2, 0) is 14.3 Å². The maximum absolute atomic E-state index is 11.2. The highest BCUT2D eigenvalue weighted by molar-refractivity contribution is 5.80. The van der Waals surface area contributed by atoms with Gasteiger partial charge in [0.1, 0.15) is 11.4 Å². The minimum atomic E-state index is -1.08. The van der Waals surface area contributed by atoms with E-state index in [0.29, 0.717) is 6.42 Å². The van der Waals surface area contributed by atoms with Crippen molar-refractivity contribution in [3.05, 3.63) is 11.8 Å². The van der Waals surface area contributed by atoms with Crippen LogP contribution in [0.5, 0.6) is 0 Å². The van der Waals surface area contributed by atoms with Gasteiger partial charge in [0.05, 0.1) is 13.2 Å². The van der Waals surface area contributed by atoms with Crippen molar-refractivity contribution in [3.8, 4) is 0 Å². The number of carboxylic acids is 1. The Hall–Kier alpha value is -1.72. The highest BCUT2D eigenvalue weighted by Gasteiger charge is 2.15. The van der Waals surface area contributed by atoms with Gasteiger partial charge in [0.25, 0.3) is 0 Å². The van der Waals surface area contributed by atoms with E-state index in [1.807, 2.05) is 0 Å². The monoisotopic (exact) mass is 245 g/mol. The van der Waals surface area contributed by atoms with Gasteiger partial charge in [0.2, 0.25) is 0 Å². The fourth-order valence-corrected chi connectivity index (χ4v) is 0.973. The van der Waals surface area contributed by atoms with E-state index in [4.69, 9.17) is 14.6 Å². The van der Waals surface area contributed by atoms with Crippen LogP contribution in [0.25, 0.3) is 0 Å². The van der Waals surface area contributed by atoms with Gasteiger partial charge < -0.3 is 19.9 Å². The lowest BCUT2D eigenvalue weighted by molar-refractivity contribution is -0.131. The lowest BCUT2D eigenvalue weighted by Gasteiger charge is -2.19. The number of hydrogen-bond acceptors (Lipinski definition) is 4. The zero-order chi connectivity index (χ0) is 13.5. The first-order chi connectivity index (χ1) is 7.74. The van der Waals surface area contributed by atoms with Crippen molar-refractivity contribution >= 4 is 12.1 Å². The van der Waals surface area contributed by atoms with Crippen LogP contribution < -0.4 is 5.32 Å². The first-order valence-electron chi connectivity index (χ1n) is 5.19. The van der Waals surface area contributed by atoms with Gasteiger partial charge in [0.15, 0.2) is 0 Å². The smallest absolute Gasteiger partial charge is 0.407 e. The summed E-state index contributed by atoms with van der Waals surface area (Å²) in [6, 6.07) is 0. The second-order valence-electron chi connectivity index (χ2n) is 4.33. The maximum Gasteiger partial charge on any atom is 0.407 e. The molecule has 6 heteroatoms. The van der Waals surface area contributed by atoms with Crippen LogP contribution in [-0.4, -0.2) is 36.4 Å². The standard InChI is InChI=1S/C11H19NO5/c1-11(2,3)17-10(15)12-6-5-8(16-4)7-9(13)14/h7H,5-6H2,1-4H3,(H,12,15)(H,13,14)/b8-7+. The number of aliphatic carboxylic acids is 1. The Bertz CT molecular complexity index is 303. The summed E-state index contributed by atoms with van der Waals surface area (Å²) in [4.78, 5) is 21.6. The third-order valence-corrected chi connectivity index (χ3v) is 1.59. The van der Waals surface area contributed by atoms with Gasteiger partial charge in [-0.2, -0.15) is 0 Å². The molecular formula is C11H19NO5.